The predicted molar refractivity (Wildman–Crippen MR) is 90.6 cm³/mol. The zero-order valence-electron chi connectivity index (χ0n) is 13.0. The number of carbonyl (C=O) groups excluding carboxylic acids is 1. The van der Waals surface area contributed by atoms with E-state index in [1.54, 1.807) is 30.3 Å². The zero-order valence-corrected chi connectivity index (χ0v) is 13.0. The normalized spacial score (nSPS) is 10.8. The van der Waals surface area contributed by atoms with E-state index in [4.69, 9.17) is 5.11 Å². The van der Waals surface area contributed by atoms with Gasteiger partial charge in [-0.2, -0.15) is 0 Å². The van der Waals surface area contributed by atoms with Gasteiger partial charge in [0.25, 0.3) is 0 Å². The number of benzene rings is 2. The summed E-state index contributed by atoms with van der Waals surface area (Å²) in [5, 5.41) is 19.7. The van der Waals surface area contributed by atoms with Crippen LogP contribution in [0, 0.1) is 0 Å². The first-order chi connectivity index (χ1) is 11.6. The summed E-state index contributed by atoms with van der Waals surface area (Å²) in [4.78, 5) is 26.6. The Morgan fingerprint density at radius 1 is 1.04 bits per heavy atom. The Kier molecular flexibility index (Phi) is 4.33. The Balaban J connectivity index is 1.69. The van der Waals surface area contributed by atoms with Gasteiger partial charge in [-0.1, -0.05) is 18.2 Å². The molecule has 0 fully saturated rings. The third-order valence-corrected chi connectivity index (χ3v) is 4.06. The number of rotatable bonds is 6. The lowest BCUT2D eigenvalue weighted by molar-refractivity contribution is 0.0691. The summed E-state index contributed by atoms with van der Waals surface area (Å²) < 4.78 is 0. The molecule has 24 heavy (non-hydrogen) atoms. The molecule has 3 aromatic rings. The number of aryl methyl sites for hydroxylation is 1. The van der Waals surface area contributed by atoms with E-state index < -0.39 is 5.97 Å². The minimum atomic E-state index is -1.09. The molecular weight excluding hydrogens is 306 g/mol. The number of carboxylic acids is 1. The van der Waals surface area contributed by atoms with Gasteiger partial charge in [-0.3, -0.25) is 4.79 Å². The average Bonchev–Trinajstić information content (AvgIpc) is 2.97. The molecule has 0 radical (unpaired) electrons. The fourth-order valence-corrected chi connectivity index (χ4v) is 2.86. The van der Waals surface area contributed by atoms with Gasteiger partial charge >= 0.3 is 5.97 Å². The number of H-pyrrole nitrogens is 1. The molecule has 0 saturated heterocycles. The van der Waals surface area contributed by atoms with E-state index in [0.29, 0.717) is 12.8 Å². The van der Waals surface area contributed by atoms with Gasteiger partial charge < -0.3 is 15.2 Å². The van der Waals surface area contributed by atoms with E-state index in [9.17, 15) is 14.7 Å². The number of aromatic hydroxyl groups is 1. The van der Waals surface area contributed by atoms with Crippen LogP contribution in [0.5, 0.6) is 5.75 Å². The molecule has 0 aliphatic heterocycles. The van der Waals surface area contributed by atoms with Crippen molar-refractivity contribution in [1.29, 1.82) is 0 Å². The summed E-state index contributed by atoms with van der Waals surface area (Å²) in [6.07, 6.45) is 3.43. The Labute approximate surface area is 138 Å². The zero-order chi connectivity index (χ0) is 17.1. The second kappa shape index (κ2) is 6.58. The molecule has 0 bridgehead atoms. The molecular formula is C19H17NO4. The lowest BCUT2D eigenvalue weighted by atomic mass is 9.98. The van der Waals surface area contributed by atoms with Crippen LogP contribution in [0.3, 0.4) is 0 Å². The van der Waals surface area contributed by atoms with Crippen molar-refractivity contribution in [3.8, 4) is 5.75 Å². The molecule has 5 nitrogen and oxygen atoms in total. The largest absolute Gasteiger partial charge is 0.508 e. The van der Waals surface area contributed by atoms with Crippen molar-refractivity contribution in [2.24, 2.45) is 0 Å². The lowest BCUT2D eigenvalue weighted by Gasteiger charge is -2.05. The molecule has 0 amide bonds. The van der Waals surface area contributed by atoms with Crippen molar-refractivity contribution in [2.75, 3.05) is 0 Å². The van der Waals surface area contributed by atoms with Crippen LogP contribution in [0.2, 0.25) is 0 Å². The maximum absolute atomic E-state index is 12.3. The quantitative estimate of drug-likeness (QED) is 0.602. The molecule has 0 aliphatic rings. The van der Waals surface area contributed by atoms with E-state index in [1.807, 2.05) is 12.3 Å². The Bertz CT molecular complexity index is 911. The average molecular weight is 323 g/mol. The summed E-state index contributed by atoms with van der Waals surface area (Å²) in [6.45, 7) is 0. The molecule has 0 saturated carbocycles. The van der Waals surface area contributed by atoms with Crippen LogP contribution >= 0.6 is 0 Å². The third-order valence-electron chi connectivity index (χ3n) is 4.06. The predicted octanol–water partition coefficient (Wildman–Crippen LogP) is 3.78. The number of aromatic amines is 1. The number of carbonyl (C=O) groups is 2. The minimum Gasteiger partial charge on any atom is -0.508 e. The molecule has 5 heteroatoms. The second-order valence-corrected chi connectivity index (χ2v) is 5.67. The summed E-state index contributed by atoms with van der Waals surface area (Å²) in [7, 11) is 0. The molecule has 1 aromatic heterocycles. The number of aromatic nitrogens is 1. The van der Waals surface area contributed by atoms with E-state index in [1.165, 1.54) is 6.07 Å². The standard InChI is InChI=1S/C19H17NO4/c21-13-8-9-17-16(10-13)12(11-20-17)4-3-7-18(22)14-5-1-2-6-15(14)19(23)24/h1-2,5-6,8-11,20-21H,3-4,7H2,(H,23,24). The minimum absolute atomic E-state index is 0.0412. The van der Waals surface area contributed by atoms with E-state index in [-0.39, 0.29) is 29.1 Å². The van der Waals surface area contributed by atoms with Crippen molar-refractivity contribution >= 4 is 22.7 Å². The monoisotopic (exact) mass is 323 g/mol. The maximum Gasteiger partial charge on any atom is 0.336 e. The number of hydrogen-bond donors (Lipinski definition) is 3. The maximum atomic E-state index is 12.3. The van der Waals surface area contributed by atoms with Gasteiger partial charge in [-0.15, -0.1) is 0 Å². The number of phenols is 1. The summed E-state index contributed by atoms with van der Waals surface area (Å²) in [6, 6.07) is 11.4. The fraction of sp³-hybridized carbons (Fsp3) is 0.158. The lowest BCUT2D eigenvalue weighted by Crippen LogP contribution is -2.08. The number of Topliss-reactive ketones (excluding diaryl/α,β-unsaturated/α-hetero) is 1. The summed E-state index contributed by atoms with van der Waals surface area (Å²) in [5.41, 5.74) is 2.26. The number of phenolic OH excluding ortho intramolecular Hbond substituents is 1. The van der Waals surface area contributed by atoms with Gasteiger partial charge in [0.05, 0.1) is 5.56 Å². The highest BCUT2D eigenvalue weighted by Crippen LogP contribution is 2.24. The first kappa shape index (κ1) is 15.8. The van der Waals surface area contributed by atoms with E-state index in [0.717, 1.165) is 16.5 Å². The number of fused-ring (bicyclic) bond motifs is 1. The topological polar surface area (TPSA) is 90.4 Å². The van der Waals surface area contributed by atoms with Crippen molar-refractivity contribution in [1.82, 2.24) is 4.98 Å². The van der Waals surface area contributed by atoms with Gasteiger partial charge in [0.1, 0.15) is 5.75 Å². The van der Waals surface area contributed by atoms with Crippen LogP contribution in [0.25, 0.3) is 10.9 Å². The van der Waals surface area contributed by atoms with Crippen LogP contribution in [-0.2, 0) is 6.42 Å². The van der Waals surface area contributed by atoms with Gasteiger partial charge in [-0.05, 0) is 42.7 Å². The van der Waals surface area contributed by atoms with Crippen LogP contribution in [0.4, 0.5) is 0 Å². The third kappa shape index (κ3) is 3.15. The molecule has 0 unspecified atom stereocenters. The van der Waals surface area contributed by atoms with Gasteiger partial charge in [0.2, 0.25) is 0 Å². The summed E-state index contributed by atoms with van der Waals surface area (Å²) >= 11 is 0. The Morgan fingerprint density at radius 3 is 2.54 bits per heavy atom. The van der Waals surface area contributed by atoms with E-state index in [2.05, 4.69) is 4.98 Å². The first-order valence-electron chi connectivity index (χ1n) is 7.71. The number of aromatic carboxylic acids is 1. The number of nitrogens with one attached hydrogen (secondary N) is 1. The molecule has 0 atom stereocenters. The Morgan fingerprint density at radius 2 is 1.79 bits per heavy atom. The Hall–Kier alpha value is -3.08. The SMILES string of the molecule is O=C(O)c1ccccc1C(=O)CCCc1c[nH]c2ccc(O)cc12. The van der Waals surface area contributed by atoms with Crippen LogP contribution in [0.15, 0.2) is 48.7 Å². The molecule has 0 spiro atoms. The molecule has 0 aliphatic carbocycles. The first-order valence-corrected chi connectivity index (χ1v) is 7.71. The molecule has 3 N–H and O–H groups in total. The van der Waals surface area contributed by atoms with Crippen molar-refractivity contribution in [3.63, 3.8) is 0 Å². The van der Waals surface area contributed by atoms with Crippen LogP contribution < -0.4 is 0 Å². The highest BCUT2D eigenvalue weighted by atomic mass is 16.4. The number of hydrogen-bond acceptors (Lipinski definition) is 3. The van der Waals surface area contributed by atoms with Gasteiger partial charge in [-0.25, -0.2) is 4.79 Å². The van der Waals surface area contributed by atoms with Crippen molar-refractivity contribution in [2.45, 2.75) is 19.3 Å². The smallest absolute Gasteiger partial charge is 0.336 e. The molecule has 122 valence electrons. The molecule has 3 rings (SSSR count). The number of carboxylic acid groups (broad SMARTS) is 1. The van der Waals surface area contributed by atoms with E-state index >= 15 is 0 Å². The van der Waals surface area contributed by atoms with Crippen LogP contribution in [0.1, 0.15) is 39.1 Å². The highest BCUT2D eigenvalue weighted by Gasteiger charge is 2.15. The summed E-state index contributed by atoms with van der Waals surface area (Å²) in [5.74, 6) is -1.06. The fourth-order valence-electron chi connectivity index (χ4n) is 2.86. The van der Waals surface area contributed by atoms with Gasteiger partial charge in [0.15, 0.2) is 5.78 Å². The molecule has 1 heterocycles. The van der Waals surface area contributed by atoms with Crippen molar-refractivity contribution < 1.29 is 19.8 Å². The van der Waals surface area contributed by atoms with Crippen LogP contribution in [-0.4, -0.2) is 26.9 Å². The van der Waals surface area contributed by atoms with Gasteiger partial charge in [0, 0.05) is 29.1 Å². The number of ketones is 1. The highest BCUT2D eigenvalue weighted by molar-refractivity contribution is 6.05. The second-order valence-electron chi connectivity index (χ2n) is 5.67. The molecule has 2 aromatic carbocycles. The van der Waals surface area contributed by atoms with Crippen molar-refractivity contribution in [3.05, 3.63) is 65.4 Å².